The maximum atomic E-state index is 11.6. The molecule has 4 heteroatoms. The standard InChI is InChI=1S/C16H18N2O2/c1-18(2)12-16(19)17-13-8-10-15(11-9-13)20-14-6-4-3-5-7-14/h3-11H,12H2,1-2H3,(H,17,19)/p+1. The Morgan fingerprint density at radius 1 is 1.00 bits per heavy atom. The zero-order valence-electron chi connectivity index (χ0n) is 11.7. The van der Waals surface area contributed by atoms with Gasteiger partial charge >= 0.3 is 0 Å². The highest BCUT2D eigenvalue weighted by molar-refractivity contribution is 5.91. The van der Waals surface area contributed by atoms with Crippen molar-refractivity contribution in [3.63, 3.8) is 0 Å². The van der Waals surface area contributed by atoms with Crippen LogP contribution in [0.4, 0.5) is 5.69 Å². The maximum absolute atomic E-state index is 11.6. The fourth-order valence-corrected chi connectivity index (χ4v) is 1.76. The van der Waals surface area contributed by atoms with E-state index in [2.05, 4.69) is 5.32 Å². The Bertz CT molecular complexity index is 550. The number of carbonyl (C=O) groups is 1. The fourth-order valence-electron chi connectivity index (χ4n) is 1.76. The van der Waals surface area contributed by atoms with E-state index in [0.29, 0.717) is 6.54 Å². The summed E-state index contributed by atoms with van der Waals surface area (Å²) in [6.45, 7) is 0.447. The average Bonchev–Trinajstić information content (AvgIpc) is 2.41. The zero-order valence-corrected chi connectivity index (χ0v) is 11.7. The Labute approximate surface area is 119 Å². The minimum atomic E-state index is 0.00160. The molecule has 2 aromatic carbocycles. The van der Waals surface area contributed by atoms with Crippen molar-refractivity contribution >= 4 is 11.6 Å². The average molecular weight is 271 g/mol. The molecule has 0 unspecified atom stereocenters. The van der Waals surface area contributed by atoms with Crippen LogP contribution < -0.4 is 15.0 Å². The summed E-state index contributed by atoms with van der Waals surface area (Å²) in [7, 11) is 3.88. The van der Waals surface area contributed by atoms with E-state index in [4.69, 9.17) is 4.74 Å². The molecule has 0 saturated carbocycles. The highest BCUT2D eigenvalue weighted by Crippen LogP contribution is 2.22. The molecule has 0 bridgehead atoms. The molecule has 0 spiro atoms. The van der Waals surface area contributed by atoms with Crippen LogP contribution >= 0.6 is 0 Å². The third kappa shape index (κ3) is 4.40. The second-order valence-electron chi connectivity index (χ2n) is 4.87. The van der Waals surface area contributed by atoms with Gasteiger partial charge < -0.3 is 15.0 Å². The van der Waals surface area contributed by atoms with E-state index in [1.165, 1.54) is 0 Å². The topological polar surface area (TPSA) is 42.8 Å². The van der Waals surface area contributed by atoms with Gasteiger partial charge in [-0.3, -0.25) is 4.79 Å². The molecule has 2 rings (SSSR count). The lowest BCUT2D eigenvalue weighted by Gasteiger charge is -2.09. The lowest BCUT2D eigenvalue weighted by atomic mass is 10.3. The molecule has 2 aromatic rings. The molecule has 0 heterocycles. The van der Waals surface area contributed by atoms with Crippen molar-refractivity contribution < 1.29 is 14.4 Å². The zero-order chi connectivity index (χ0) is 14.4. The largest absolute Gasteiger partial charge is 0.457 e. The molecule has 20 heavy (non-hydrogen) atoms. The third-order valence-corrected chi connectivity index (χ3v) is 2.63. The summed E-state index contributed by atoms with van der Waals surface area (Å²) in [4.78, 5) is 12.7. The number of anilines is 1. The molecule has 104 valence electrons. The monoisotopic (exact) mass is 271 g/mol. The first-order chi connectivity index (χ1) is 9.63. The second-order valence-corrected chi connectivity index (χ2v) is 4.87. The van der Waals surface area contributed by atoms with Crippen LogP contribution in [0.15, 0.2) is 54.6 Å². The van der Waals surface area contributed by atoms with Crippen LogP contribution in [0.1, 0.15) is 0 Å². The Kier molecular flexibility index (Phi) is 4.74. The smallest absolute Gasteiger partial charge is 0.279 e. The number of para-hydroxylation sites is 1. The van der Waals surface area contributed by atoms with Crippen LogP contribution in [0.5, 0.6) is 11.5 Å². The van der Waals surface area contributed by atoms with Crippen LogP contribution in [-0.4, -0.2) is 26.5 Å². The normalized spacial score (nSPS) is 10.3. The van der Waals surface area contributed by atoms with Gasteiger partial charge in [-0.15, -0.1) is 0 Å². The van der Waals surface area contributed by atoms with Gasteiger partial charge in [0.1, 0.15) is 11.5 Å². The van der Waals surface area contributed by atoms with Crippen LogP contribution in [-0.2, 0) is 4.79 Å². The second kappa shape index (κ2) is 6.73. The number of nitrogens with one attached hydrogen (secondary N) is 2. The number of hydrogen-bond donors (Lipinski definition) is 2. The molecular weight excluding hydrogens is 252 g/mol. The van der Waals surface area contributed by atoms with E-state index in [9.17, 15) is 4.79 Å². The van der Waals surface area contributed by atoms with Crippen molar-refractivity contribution in [1.82, 2.24) is 0 Å². The summed E-state index contributed by atoms with van der Waals surface area (Å²) in [6, 6.07) is 16.9. The molecule has 0 aliphatic carbocycles. The fraction of sp³-hybridized carbons (Fsp3) is 0.188. The number of quaternary nitrogens is 1. The SMILES string of the molecule is C[NH+](C)CC(=O)Nc1ccc(Oc2ccccc2)cc1. The van der Waals surface area contributed by atoms with Crippen LogP contribution in [0.25, 0.3) is 0 Å². The minimum absolute atomic E-state index is 0.00160. The van der Waals surface area contributed by atoms with Crippen molar-refractivity contribution in [2.45, 2.75) is 0 Å². The molecule has 0 saturated heterocycles. The molecule has 4 nitrogen and oxygen atoms in total. The van der Waals surface area contributed by atoms with Gasteiger partial charge in [0.15, 0.2) is 6.54 Å². The predicted octanol–water partition coefficient (Wildman–Crippen LogP) is 1.56. The first kappa shape index (κ1) is 14.1. The summed E-state index contributed by atoms with van der Waals surface area (Å²) in [5.41, 5.74) is 0.775. The van der Waals surface area contributed by atoms with Crippen LogP contribution in [0, 0.1) is 0 Å². The van der Waals surface area contributed by atoms with E-state index in [1.807, 2.05) is 68.7 Å². The lowest BCUT2D eigenvalue weighted by molar-refractivity contribution is -0.849. The number of amides is 1. The molecular formula is C16H19N2O2+. The lowest BCUT2D eigenvalue weighted by Crippen LogP contribution is -3.06. The Balaban J connectivity index is 1.94. The number of hydrogen-bond acceptors (Lipinski definition) is 2. The molecule has 0 aliphatic rings. The summed E-state index contributed by atoms with van der Waals surface area (Å²) >= 11 is 0. The van der Waals surface area contributed by atoms with Crippen molar-refractivity contribution in [2.24, 2.45) is 0 Å². The van der Waals surface area contributed by atoms with Gasteiger partial charge in [0.2, 0.25) is 0 Å². The first-order valence-electron chi connectivity index (χ1n) is 6.55. The third-order valence-electron chi connectivity index (χ3n) is 2.63. The molecule has 1 amide bonds. The number of benzene rings is 2. The Morgan fingerprint density at radius 3 is 2.20 bits per heavy atom. The molecule has 0 aliphatic heterocycles. The van der Waals surface area contributed by atoms with Gasteiger partial charge in [0, 0.05) is 5.69 Å². The molecule has 2 N–H and O–H groups in total. The number of likely N-dealkylation sites (N-methyl/N-ethyl adjacent to an activating group) is 1. The number of ether oxygens (including phenoxy) is 1. The van der Waals surface area contributed by atoms with Crippen LogP contribution in [0.2, 0.25) is 0 Å². The van der Waals surface area contributed by atoms with E-state index < -0.39 is 0 Å². The van der Waals surface area contributed by atoms with Crippen molar-refractivity contribution in [1.29, 1.82) is 0 Å². The van der Waals surface area contributed by atoms with Crippen molar-refractivity contribution in [3.05, 3.63) is 54.6 Å². The van der Waals surface area contributed by atoms with Gasteiger partial charge in [-0.05, 0) is 36.4 Å². The molecule has 0 atom stereocenters. The molecule has 0 fully saturated rings. The number of carbonyl (C=O) groups excluding carboxylic acids is 1. The highest BCUT2D eigenvalue weighted by atomic mass is 16.5. The van der Waals surface area contributed by atoms with Gasteiger partial charge in [-0.25, -0.2) is 0 Å². The van der Waals surface area contributed by atoms with Gasteiger partial charge in [-0.1, -0.05) is 18.2 Å². The van der Waals surface area contributed by atoms with Crippen molar-refractivity contribution in [2.75, 3.05) is 26.0 Å². The van der Waals surface area contributed by atoms with Crippen molar-refractivity contribution in [3.8, 4) is 11.5 Å². The summed E-state index contributed by atoms with van der Waals surface area (Å²) in [5.74, 6) is 1.54. The molecule has 0 radical (unpaired) electrons. The quantitative estimate of drug-likeness (QED) is 0.866. The van der Waals surface area contributed by atoms with E-state index in [1.54, 1.807) is 0 Å². The number of rotatable bonds is 5. The predicted molar refractivity (Wildman–Crippen MR) is 79.3 cm³/mol. The summed E-state index contributed by atoms with van der Waals surface area (Å²) in [5, 5.41) is 2.85. The van der Waals surface area contributed by atoms with E-state index in [0.717, 1.165) is 22.1 Å². The minimum Gasteiger partial charge on any atom is -0.457 e. The summed E-state index contributed by atoms with van der Waals surface area (Å²) < 4.78 is 5.69. The van der Waals surface area contributed by atoms with Gasteiger partial charge in [-0.2, -0.15) is 0 Å². The van der Waals surface area contributed by atoms with E-state index >= 15 is 0 Å². The first-order valence-corrected chi connectivity index (χ1v) is 6.55. The van der Waals surface area contributed by atoms with Crippen LogP contribution in [0.3, 0.4) is 0 Å². The Hall–Kier alpha value is -2.33. The van der Waals surface area contributed by atoms with Gasteiger partial charge in [0.05, 0.1) is 14.1 Å². The van der Waals surface area contributed by atoms with E-state index in [-0.39, 0.29) is 5.91 Å². The Morgan fingerprint density at radius 2 is 1.60 bits per heavy atom. The highest BCUT2D eigenvalue weighted by Gasteiger charge is 2.06. The maximum Gasteiger partial charge on any atom is 0.279 e. The van der Waals surface area contributed by atoms with Gasteiger partial charge in [0.25, 0.3) is 5.91 Å². The molecule has 0 aromatic heterocycles. The summed E-state index contributed by atoms with van der Waals surface area (Å²) in [6.07, 6.45) is 0.